The molecular formula is C22H38O. The van der Waals surface area contributed by atoms with Crippen molar-refractivity contribution >= 4 is 0 Å². The molecule has 0 radical (unpaired) electrons. The van der Waals surface area contributed by atoms with E-state index in [1.54, 1.807) is 0 Å². The highest BCUT2D eigenvalue weighted by Gasteiger charge is 2.12. The van der Waals surface area contributed by atoms with Crippen LogP contribution in [-0.2, 0) is 6.42 Å². The van der Waals surface area contributed by atoms with Crippen molar-refractivity contribution in [2.75, 3.05) is 0 Å². The first-order chi connectivity index (χ1) is 11.2. The van der Waals surface area contributed by atoms with Gasteiger partial charge in [0.1, 0.15) is 5.75 Å². The van der Waals surface area contributed by atoms with Crippen LogP contribution in [0.5, 0.6) is 5.75 Å². The van der Waals surface area contributed by atoms with Crippen molar-refractivity contribution in [3.8, 4) is 5.75 Å². The number of phenols is 1. The Morgan fingerprint density at radius 3 is 1.96 bits per heavy atom. The van der Waals surface area contributed by atoms with Gasteiger partial charge in [0.15, 0.2) is 0 Å². The van der Waals surface area contributed by atoms with Crippen LogP contribution in [0.2, 0.25) is 0 Å². The summed E-state index contributed by atoms with van der Waals surface area (Å²) >= 11 is 0. The fourth-order valence-electron chi connectivity index (χ4n) is 3.34. The summed E-state index contributed by atoms with van der Waals surface area (Å²) in [5, 5.41) is 10.2. The fraction of sp³-hybridized carbons (Fsp3) is 0.727. The van der Waals surface area contributed by atoms with E-state index in [0.717, 1.165) is 12.8 Å². The highest BCUT2D eigenvalue weighted by molar-refractivity contribution is 5.41. The summed E-state index contributed by atoms with van der Waals surface area (Å²) in [7, 11) is 0. The Hall–Kier alpha value is -0.980. The number of phenolic OH excluding ortho intramolecular Hbond substituents is 1. The van der Waals surface area contributed by atoms with Gasteiger partial charge in [-0.1, -0.05) is 90.7 Å². The molecule has 1 aromatic rings. The Morgan fingerprint density at radius 2 is 1.39 bits per heavy atom. The van der Waals surface area contributed by atoms with Crippen LogP contribution in [0, 0.1) is 0 Å². The Balaban J connectivity index is 2.21. The van der Waals surface area contributed by atoms with Crippen LogP contribution in [0.3, 0.4) is 0 Å². The van der Waals surface area contributed by atoms with E-state index in [-0.39, 0.29) is 0 Å². The third-order valence-electron chi connectivity index (χ3n) is 5.11. The monoisotopic (exact) mass is 318 g/mol. The smallest absolute Gasteiger partial charge is 0.119 e. The average Bonchev–Trinajstić information content (AvgIpc) is 2.57. The SMILES string of the molecule is CCCCCCCCCCCCc1c(O)cccc1C(C)CC. The highest BCUT2D eigenvalue weighted by atomic mass is 16.3. The predicted molar refractivity (Wildman–Crippen MR) is 102 cm³/mol. The summed E-state index contributed by atoms with van der Waals surface area (Å²) in [6.07, 6.45) is 15.8. The topological polar surface area (TPSA) is 20.2 Å². The van der Waals surface area contributed by atoms with Crippen molar-refractivity contribution in [2.45, 2.75) is 104 Å². The Bertz CT molecular complexity index is 410. The van der Waals surface area contributed by atoms with Crippen molar-refractivity contribution in [3.05, 3.63) is 29.3 Å². The highest BCUT2D eigenvalue weighted by Crippen LogP contribution is 2.30. The minimum Gasteiger partial charge on any atom is -0.508 e. The molecule has 1 unspecified atom stereocenters. The quantitative estimate of drug-likeness (QED) is 0.376. The Labute approximate surface area is 144 Å². The molecular weight excluding hydrogens is 280 g/mol. The molecule has 0 saturated carbocycles. The zero-order valence-electron chi connectivity index (χ0n) is 15.7. The predicted octanol–water partition coefficient (Wildman–Crippen LogP) is 7.37. The van der Waals surface area contributed by atoms with E-state index in [1.807, 2.05) is 12.1 Å². The summed E-state index contributed by atoms with van der Waals surface area (Å²) in [6.45, 7) is 6.76. The van der Waals surface area contributed by atoms with Gasteiger partial charge in [-0.2, -0.15) is 0 Å². The van der Waals surface area contributed by atoms with E-state index < -0.39 is 0 Å². The number of benzene rings is 1. The van der Waals surface area contributed by atoms with E-state index in [0.29, 0.717) is 11.7 Å². The first kappa shape index (κ1) is 20.1. The number of hydrogen-bond acceptors (Lipinski definition) is 1. The van der Waals surface area contributed by atoms with Gasteiger partial charge in [0, 0.05) is 0 Å². The third-order valence-corrected chi connectivity index (χ3v) is 5.11. The van der Waals surface area contributed by atoms with Crippen molar-refractivity contribution in [3.63, 3.8) is 0 Å². The number of aromatic hydroxyl groups is 1. The maximum Gasteiger partial charge on any atom is 0.119 e. The molecule has 0 bridgehead atoms. The van der Waals surface area contributed by atoms with Crippen LogP contribution in [0.4, 0.5) is 0 Å². The zero-order chi connectivity index (χ0) is 16.9. The first-order valence-corrected chi connectivity index (χ1v) is 10.0. The Kier molecular flexibility index (Phi) is 10.9. The molecule has 1 heteroatoms. The van der Waals surface area contributed by atoms with Gasteiger partial charge in [-0.05, 0) is 42.4 Å². The molecule has 132 valence electrons. The summed E-state index contributed by atoms with van der Waals surface area (Å²) in [6, 6.07) is 6.02. The van der Waals surface area contributed by atoms with Gasteiger partial charge in [0.25, 0.3) is 0 Å². The zero-order valence-corrected chi connectivity index (χ0v) is 15.7. The lowest BCUT2D eigenvalue weighted by molar-refractivity contribution is 0.463. The summed E-state index contributed by atoms with van der Waals surface area (Å²) in [5.41, 5.74) is 2.55. The van der Waals surface area contributed by atoms with Gasteiger partial charge in [-0.25, -0.2) is 0 Å². The van der Waals surface area contributed by atoms with E-state index in [2.05, 4.69) is 26.8 Å². The molecule has 0 aliphatic carbocycles. The van der Waals surface area contributed by atoms with Gasteiger partial charge in [-0.3, -0.25) is 0 Å². The van der Waals surface area contributed by atoms with E-state index in [4.69, 9.17) is 0 Å². The second-order valence-corrected chi connectivity index (χ2v) is 7.09. The van der Waals surface area contributed by atoms with Gasteiger partial charge < -0.3 is 5.11 Å². The molecule has 0 fully saturated rings. The molecule has 0 spiro atoms. The summed E-state index contributed by atoms with van der Waals surface area (Å²) < 4.78 is 0. The number of hydrogen-bond donors (Lipinski definition) is 1. The van der Waals surface area contributed by atoms with Gasteiger partial charge in [0.05, 0.1) is 0 Å². The lowest BCUT2D eigenvalue weighted by atomic mass is 9.90. The number of unbranched alkanes of at least 4 members (excludes halogenated alkanes) is 9. The minimum absolute atomic E-state index is 0.499. The lowest BCUT2D eigenvalue weighted by Crippen LogP contribution is -1.99. The maximum atomic E-state index is 10.2. The van der Waals surface area contributed by atoms with Gasteiger partial charge in [0.2, 0.25) is 0 Å². The lowest BCUT2D eigenvalue weighted by Gasteiger charge is -2.16. The van der Waals surface area contributed by atoms with Crippen LogP contribution in [-0.4, -0.2) is 5.11 Å². The van der Waals surface area contributed by atoms with Crippen LogP contribution in [0.1, 0.15) is 108 Å². The van der Waals surface area contributed by atoms with Crippen molar-refractivity contribution in [1.82, 2.24) is 0 Å². The molecule has 23 heavy (non-hydrogen) atoms. The number of rotatable bonds is 13. The van der Waals surface area contributed by atoms with E-state index >= 15 is 0 Å². The molecule has 1 aromatic carbocycles. The van der Waals surface area contributed by atoms with Gasteiger partial charge >= 0.3 is 0 Å². The molecule has 1 nitrogen and oxygen atoms in total. The largest absolute Gasteiger partial charge is 0.508 e. The fourth-order valence-corrected chi connectivity index (χ4v) is 3.34. The first-order valence-electron chi connectivity index (χ1n) is 10.0. The maximum absolute atomic E-state index is 10.2. The molecule has 0 aliphatic heterocycles. The molecule has 1 atom stereocenters. The molecule has 0 aromatic heterocycles. The van der Waals surface area contributed by atoms with Crippen molar-refractivity contribution in [1.29, 1.82) is 0 Å². The molecule has 1 rings (SSSR count). The molecule has 0 amide bonds. The van der Waals surface area contributed by atoms with Crippen molar-refractivity contribution < 1.29 is 5.11 Å². The molecule has 1 N–H and O–H groups in total. The second-order valence-electron chi connectivity index (χ2n) is 7.09. The van der Waals surface area contributed by atoms with Crippen LogP contribution in [0.25, 0.3) is 0 Å². The van der Waals surface area contributed by atoms with Crippen LogP contribution < -0.4 is 0 Å². The molecule has 0 aliphatic rings. The summed E-state index contributed by atoms with van der Waals surface area (Å²) in [5.74, 6) is 1.04. The van der Waals surface area contributed by atoms with E-state index in [1.165, 1.54) is 75.3 Å². The van der Waals surface area contributed by atoms with Crippen LogP contribution >= 0.6 is 0 Å². The third kappa shape index (κ3) is 7.90. The normalized spacial score (nSPS) is 12.5. The Morgan fingerprint density at radius 1 is 0.826 bits per heavy atom. The second kappa shape index (κ2) is 12.4. The van der Waals surface area contributed by atoms with E-state index in [9.17, 15) is 5.11 Å². The average molecular weight is 319 g/mol. The van der Waals surface area contributed by atoms with Crippen LogP contribution in [0.15, 0.2) is 18.2 Å². The van der Waals surface area contributed by atoms with Gasteiger partial charge in [-0.15, -0.1) is 0 Å². The molecule has 0 saturated heterocycles. The van der Waals surface area contributed by atoms with Crippen molar-refractivity contribution in [2.24, 2.45) is 0 Å². The minimum atomic E-state index is 0.499. The molecule has 0 heterocycles. The standard InChI is InChI=1S/C22H38O/c1-4-6-7-8-9-10-11-12-13-14-16-21-20(19(3)5-2)17-15-18-22(21)23/h15,17-19,23H,4-14,16H2,1-3H3. The summed E-state index contributed by atoms with van der Waals surface area (Å²) in [4.78, 5) is 0.